The Balaban J connectivity index is 2.14. The van der Waals surface area contributed by atoms with Crippen LogP contribution in [0.25, 0.3) is 5.57 Å². The highest BCUT2D eigenvalue weighted by molar-refractivity contribution is 7.07. The number of fused-ring (bicyclic) bond motifs is 2. The maximum absolute atomic E-state index is 13.4. The molecule has 4 rings (SSSR count). The highest BCUT2D eigenvalue weighted by Gasteiger charge is 2.27. The van der Waals surface area contributed by atoms with E-state index in [4.69, 9.17) is 0 Å². The standard InChI is InChI=1S/C13H8FN3O2S/c14-6-1-2-8-7(5-6)9(11(18)16-8)10-12(19)17-4-3-15-13(17)20-10/h1-2,5H,3-4H2,(H,16,18)/b10-9-. The first kappa shape index (κ1) is 11.5. The Labute approximate surface area is 115 Å². The maximum Gasteiger partial charge on any atom is 0.271 e. The van der Waals surface area contributed by atoms with E-state index in [0.29, 0.717) is 33.7 Å². The lowest BCUT2D eigenvalue weighted by Crippen LogP contribution is -2.32. The number of rotatable bonds is 0. The van der Waals surface area contributed by atoms with Crippen LogP contribution < -0.4 is 20.2 Å². The minimum absolute atomic E-state index is 0.228. The van der Waals surface area contributed by atoms with Gasteiger partial charge in [-0.05, 0) is 18.2 Å². The fraction of sp³-hybridized carbons (Fsp3) is 0.154. The van der Waals surface area contributed by atoms with Crippen LogP contribution >= 0.6 is 11.3 Å². The van der Waals surface area contributed by atoms with Crippen molar-refractivity contribution in [1.29, 1.82) is 0 Å². The second-order valence-electron chi connectivity index (χ2n) is 4.57. The molecule has 5 nitrogen and oxygen atoms in total. The van der Waals surface area contributed by atoms with Gasteiger partial charge in [-0.2, -0.15) is 0 Å². The second-order valence-corrected chi connectivity index (χ2v) is 5.55. The van der Waals surface area contributed by atoms with Crippen LogP contribution in [0.2, 0.25) is 0 Å². The first-order chi connectivity index (χ1) is 9.65. The predicted molar refractivity (Wildman–Crippen MR) is 71.8 cm³/mol. The molecule has 1 aromatic heterocycles. The van der Waals surface area contributed by atoms with Gasteiger partial charge in [-0.1, -0.05) is 11.3 Å². The minimum atomic E-state index is -0.438. The van der Waals surface area contributed by atoms with Gasteiger partial charge in [0.25, 0.3) is 11.5 Å². The van der Waals surface area contributed by atoms with E-state index < -0.39 is 5.82 Å². The molecule has 0 spiro atoms. The van der Waals surface area contributed by atoms with Crippen molar-refractivity contribution in [1.82, 2.24) is 4.57 Å². The van der Waals surface area contributed by atoms with Gasteiger partial charge < -0.3 is 5.32 Å². The first-order valence-electron chi connectivity index (χ1n) is 6.05. The summed E-state index contributed by atoms with van der Waals surface area (Å²) in [5.74, 6) is -0.810. The maximum atomic E-state index is 13.4. The Morgan fingerprint density at radius 1 is 1.35 bits per heavy atom. The first-order valence-corrected chi connectivity index (χ1v) is 6.86. The number of hydrogen-bond acceptors (Lipinski definition) is 4. The van der Waals surface area contributed by atoms with Gasteiger partial charge in [0.05, 0.1) is 12.1 Å². The molecule has 100 valence electrons. The number of anilines is 1. The molecule has 0 fully saturated rings. The molecular weight excluding hydrogens is 281 g/mol. The van der Waals surface area contributed by atoms with Crippen molar-refractivity contribution in [2.75, 3.05) is 11.9 Å². The van der Waals surface area contributed by atoms with Gasteiger partial charge in [0.1, 0.15) is 10.3 Å². The summed E-state index contributed by atoms with van der Waals surface area (Å²) in [5.41, 5.74) is 0.981. The number of nitrogens with one attached hydrogen (secondary N) is 1. The molecule has 3 heterocycles. The Kier molecular flexibility index (Phi) is 2.23. The normalized spacial score (nSPS) is 18.6. The molecule has 0 radical (unpaired) electrons. The predicted octanol–water partition coefficient (Wildman–Crippen LogP) is -0.167. The largest absolute Gasteiger partial charge is 0.321 e. The number of nitrogens with zero attached hydrogens (tertiary/aromatic N) is 2. The van der Waals surface area contributed by atoms with E-state index in [1.807, 2.05) is 0 Å². The number of carbonyl (C=O) groups excluding carboxylic acids is 1. The van der Waals surface area contributed by atoms with Gasteiger partial charge in [-0.3, -0.25) is 19.1 Å². The molecule has 1 N–H and O–H groups in total. The van der Waals surface area contributed by atoms with E-state index in [-0.39, 0.29) is 17.0 Å². The van der Waals surface area contributed by atoms with E-state index in [0.717, 1.165) is 0 Å². The highest BCUT2D eigenvalue weighted by atomic mass is 32.1. The molecule has 1 amide bonds. The molecule has 0 aliphatic carbocycles. The topological polar surface area (TPSA) is 63.5 Å². The van der Waals surface area contributed by atoms with Crippen molar-refractivity contribution in [3.63, 3.8) is 0 Å². The number of hydrogen-bond donors (Lipinski definition) is 1. The van der Waals surface area contributed by atoms with Crippen LogP contribution in [-0.4, -0.2) is 17.0 Å². The van der Waals surface area contributed by atoms with E-state index >= 15 is 0 Å². The fourth-order valence-corrected chi connectivity index (χ4v) is 3.61. The molecule has 0 saturated heterocycles. The molecule has 2 aromatic rings. The Morgan fingerprint density at radius 2 is 2.20 bits per heavy atom. The summed E-state index contributed by atoms with van der Waals surface area (Å²) >= 11 is 1.18. The van der Waals surface area contributed by atoms with E-state index in [1.54, 1.807) is 4.57 Å². The molecule has 20 heavy (non-hydrogen) atoms. The van der Waals surface area contributed by atoms with Gasteiger partial charge in [0.2, 0.25) is 0 Å². The Morgan fingerprint density at radius 3 is 3.00 bits per heavy atom. The number of benzene rings is 1. The molecule has 2 aliphatic rings. The molecule has 7 heteroatoms. The summed E-state index contributed by atoms with van der Waals surface area (Å²) in [6.45, 7) is 1.13. The van der Waals surface area contributed by atoms with Crippen molar-refractivity contribution in [3.8, 4) is 0 Å². The van der Waals surface area contributed by atoms with Crippen LogP contribution in [0, 0.1) is 5.82 Å². The van der Waals surface area contributed by atoms with Crippen LogP contribution in [0.4, 0.5) is 10.1 Å². The number of amides is 1. The van der Waals surface area contributed by atoms with Crippen LogP contribution in [0.3, 0.4) is 0 Å². The molecule has 0 bridgehead atoms. The summed E-state index contributed by atoms with van der Waals surface area (Å²) in [4.78, 5) is 29.2. The number of aromatic nitrogens is 1. The highest BCUT2D eigenvalue weighted by Crippen LogP contribution is 2.30. The monoisotopic (exact) mass is 289 g/mol. The minimum Gasteiger partial charge on any atom is -0.321 e. The zero-order valence-corrected chi connectivity index (χ0v) is 11.0. The summed E-state index contributed by atoms with van der Waals surface area (Å²) < 4.78 is 15.3. The molecule has 1 aromatic carbocycles. The third kappa shape index (κ3) is 1.44. The van der Waals surface area contributed by atoms with E-state index in [9.17, 15) is 14.0 Å². The smallest absolute Gasteiger partial charge is 0.271 e. The lowest BCUT2D eigenvalue weighted by Gasteiger charge is -1.96. The van der Waals surface area contributed by atoms with Crippen LogP contribution in [0.5, 0.6) is 0 Å². The summed E-state index contributed by atoms with van der Waals surface area (Å²) in [5, 5.41) is 2.65. The average molecular weight is 289 g/mol. The second kappa shape index (κ2) is 3.86. The Hall–Kier alpha value is -2.28. The summed E-state index contributed by atoms with van der Waals surface area (Å²) in [6, 6.07) is 4.05. The van der Waals surface area contributed by atoms with Crippen molar-refractivity contribution in [2.24, 2.45) is 4.99 Å². The van der Waals surface area contributed by atoms with Crippen LogP contribution in [0.15, 0.2) is 28.0 Å². The molecule has 0 unspecified atom stereocenters. The zero-order chi connectivity index (χ0) is 13.9. The van der Waals surface area contributed by atoms with Gasteiger partial charge in [-0.25, -0.2) is 4.39 Å². The average Bonchev–Trinajstić information content (AvgIpc) is 3.05. The zero-order valence-electron chi connectivity index (χ0n) is 10.1. The van der Waals surface area contributed by atoms with Gasteiger partial charge in [-0.15, -0.1) is 0 Å². The third-order valence-corrected chi connectivity index (χ3v) is 4.50. The molecular formula is C13H8FN3O2S. The van der Waals surface area contributed by atoms with E-state index in [1.165, 1.54) is 29.5 Å². The lowest BCUT2D eigenvalue weighted by molar-refractivity contribution is -0.110. The SMILES string of the molecule is O=C1Nc2ccc(F)cc2/C1=c1/sc2n(c1=O)CCN=2. The van der Waals surface area contributed by atoms with E-state index in [2.05, 4.69) is 10.3 Å². The Bertz CT molecular complexity index is 942. The summed E-state index contributed by atoms with van der Waals surface area (Å²) in [7, 11) is 0. The molecule has 0 atom stereocenters. The van der Waals surface area contributed by atoms with Gasteiger partial charge in [0, 0.05) is 17.8 Å². The van der Waals surface area contributed by atoms with Crippen molar-refractivity contribution >= 4 is 28.5 Å². The number of thiazole rings is 1. The summed E-state index contributed by atoms with van der Waals surface area (Å²) in [6.07, 6.45) is 0. The number of halogens is 1. The number of carbonyl (C=O) groups is 1. The fourth-order valence-electron chi connectivity index (χ4n) is 2.48. The molecule has 0 saturated carbocycles. The third-order valence-electron chi connectivity index (χ3n) is 3.39. The van der Waals surface area contributed by atoms with Crippen molar-refractivity contribution < 1.29 is 9.18 Å². The van der Waals surface area contributed by atoms with Gasteiger partial charge >= 0.3 is 0 Å². The van der Waals surface area contributed by atoms with Crippen LogP contribution in [-0.2, 0) is 11.3 Å². The quantitative estimate of drug-likeness (QED) is 0.732. The lowest BCUT2D eigenvalue weighted by atomic mass is 10.1. The molecule has 2 aliphatic heterocycles. The van der Waals surface area contributed by atoms with Gasteiger partial charge in [0.15, 0.2) is 4.80 Å². The van der Waals surface area contributed by atoms with Crippen LogP contribution in [0.1, 0.15) is 5.56 Å². The van der Waals surface area contributed by atoms with Crippen molar-refractivity contribution in [2.45, 2.75) is 6.54 Å². The van der Waals surface area contributed by atoms with Crippen molar-refractivity contribution in [3.05, 3.63) is 49.3 Å².